The van der Waals surface area contributed by atoms with Gasteiger partial charge < -0.3 is 10.1 Å². The van der Waals surface area contributed by atoms with Gasteiger partial charge in [-0.1, -0.05) is 17.7 Å². The zero-order chi connectivity index (χ0) is 16.4. The number of carbonyl (C=O) groups excluding carboxylic acids is 1. The number of nitrogens with one attached hydrogen (secondary N) is 1. The van der Waals surface area contributed by atoms with Gasteiger partial charge in [0.05, 0.1) is 11.1 Å². The van der Waals surface area contributed by atoms with E-state index in [1.807, 2.05) is 0 Å². The number of halogens is 2. The Morgan fingerprint density at radius 1 is 1.57 bits per heavy atom. The summed E-state index contributed by atoms with van der Waals surface area (Å²) in [6.07, 6.45) is 3.13. The van der Waals surface area contributed by atoms with Gasteiger partial charge in [0.25, 0.3) is 0 Å². The van der Waals surface area contributed by atoms with Crippen molar-refractivity contribution in [1.29, 1.82) is 0 Å². The minimum atomic E-state index is -0.499. The van der Waals surface area contributed by atoms with Crippen LogP contribution in [-0.2, 0) is 9.53 Å². The van der Waals surface area contributed by atoms with Gasteiger partial charge in [0.2, 0.25) is 5.91 Å². The molecule has 3 rings (SSSR count). The summed E-state index contributed by atoms with van der Waals surface area (Å²) in [6, 6.07) is 3.83. The molecule has 1 aromatic carbocycles. The lowest BCUT2D eigenvalue weighted by atomic mass is 10.0. The fourth-order valence-corrected chi connectivity index (χ4v) is 2.71. The molecule has 8 heteroatoms. The molecule has 1 aliphatic rings. The SMILES string of the molecule is C[C@H](C(=O)N[C@H]1CCO[C@H]1c1ccc(Cl)c(F)c1)n1cncn1. The van der Waals surface area contributed by atoms with Crippen molar-refractivity contribution in [1.82, 2.24) is 20.1 Å². The number of rotatable bonds is 4. The highest BCUT2D eigenvalue weighted by Gasteiger charge is 2.32. The van der Waals surface area contributed by atoms with Crippen molar-refractivity contribution < 1.29 is 13.9 Å². The second kappa shape index (κ2) is 6.64. The maximum atomic E-state index is 13.6. The van der Waals surface area contributed by atoms with E-state index in [1.165, 1.54) is 29.5 Å². The van der Waals surface area contributed by atoms with Crippen LogP contribution >= 0.6 is 11.6 Å². The van der Waals surface area contributed by atoms with Crippen LogP contribution in [0.5, 0.6) is 0 Å². The van der Waals surface area contributed by atoms with Gasteiger partial charge in [-0.2, -0.15) is 5.10 Å². The summed E-state index contributed by atoms with van der Waals surface area (Å²) in [4.78, 5) is 16.2. The zero-order valence-electron chi connectivity index (χ0n) is 12.4. The maximum absolute atomic E-state index is 13.6. The molecular formula is C15H16ClFN4O2. The molecule has 23 heavy (non-hydrogen) atoms. The highest BCUT2D eigenvalue weighted by Crippen LogP contribution is 2.31. The molecule has 1 fully saturated rings. The van der Waals surface area contributed by atoms with Gasteiger partial charge in [-0.3, -0.25) is 4.79 Å². The van der Waals surface area contributed by atoms with Crippen LogP contribution in [0.15, 0.2) is 30.9 Å². The normalized spacial score (nSPS) is 22.0. The van der Waals surface area contributed by atoms with Crippen molar-refractivity contribution in [3.63, 3.8) is 0 Å². The van der Waals surface area contributed by atoms with Crippen LogP contribution in [0.3, 0.4) is 0 Å². The van der Waals surface area contributed by atoms with Crippen LogP contribution in [0.1, 0.15) is 31.1 Å². The lowest BCUT2D eigenvalue weighted by Gasteiger charge is -2.22. The van der Waals surface area contributed by atoms with E-state index < -0.39 is 18.0 Å². The van der Waals surface area contributed by atoms with Crippen LogP contribution in [0.4, 0.5) is 4.39 Å². The van der Waals surface area contributed by atoms with E-state index >= 15 is 0 Å². The van der Waals surface area contributed by atoms with Crippen LogP contribution in [0, 0.1) is 5.82 Å². The molecule has 122 valence electrons. The number of amides is 1. The highest BCUT2D eigenvalue weighted by atomic mass is 35.5. The minimum Gasteiger partial charge on any atom is -0.371 e. The van der Waals surface area contributed by atoms with E-state index in [9.17, 15) is 9.18 Å². The summed E-state index contributed by atoms with van der Waals surface area (Å²) < 4.78 is 20.8. The summed E-state index contributed by atoms with van der Waals surface area (Å²) in [5.41, 5.74) is 0.656. The molecule has 6 nitrogen and oxygen atoms in total. The first kappa shape index (κ1) is 15.9. The van der Waals surface area contributed by atoms with Crippen LogP contribution in [0.25, 0.3) is 0 Å². The summed E-state index contributed by atoms with van der Waals surface area (Å²) >= 11 is 5.71. The first-order valence-corrected chi connectivity index (χ1v) is 7.65. The molecule has 1 amide bonds. The fourth-order valence-electron chi connectivity index (χ4n) is 2.60. The molecule has 0 unspecified atom stereocenters. The van der Waals surface area contributed by atoms with Gasteiger partial charge in [0.1, 0.15) is 30.6 Å². The first-order valence-electron chi connectivity index (χ1n) is 7.27. The van der Waals surface area contributed by atoms with Crippen LogP contribution in [0.2, 0.25) is 5.02 Å². The third-order valence-corrected chi connectivity index (χ3v) is 4.21. The van der Waals surface area contributed by atoms with Crippen molar-refractivity contribution in [2.45, 2.75) is 31.5 Å². The Morgan fingerprint density at radius 3 is 3.09 bits per heavy atom. The minimum absolute atomic E-state index is 0.0622. The van der Waals surface area contributed by atoms with E-state index in [2.05, 4.69) is 15.4 Å². The summed E-state index contributed by atoms with van der Waals surface area (Å²) in [5, 5.41) is 6.96. The molecule has 0 bridgehead atoms. The Hall–Kier alpha value is -1.99. The van der Waals surface area contributed by atoms with Crippen molar-refractivity contribution in [2.24, 2.45) is 0 Å². The van der Waals surface area contributed by atoms with Crippen LogP contribution < -0.4 is 5.32 Å². The summed E-state index contributed by atoms with van der Waals surface area (Å²) in [6.45, 7) is 2.23. The summed E-state index contributed by atoms with van der Waals surface area (Å²) in [7, 11) is 0. The second-order valence-electron chi connectivity index (χ2n) is 5.42. The lowest BCUT2D eigenvalue weighted by molar-refractivity contribution is -0.125. The smallest absolute Gasteiger partial charge is 0.244 e. The van der Waals surface area contributed by atoms with Gasteiger partial charge in [-0.05, 0) is 31.0 Å². The number of hydrogen-bond donors (Lipinski definition) is 1. The topological polar surface area (TPSA) is 69.0 Å². The Labute approximate surface area is 137 Å². The van der Waals surface area contributed by atoms with Crippen molar-refractivity contribution in [2.75, 3.05) is 6.61 Å². The average Bonchev–Trinajstić information content (AvgIpc) is 3.20. The van der Waals surface area contributed by atoms with E-state index in [0.717, 1.165) is 0 Å². The molecule has 1 aliphatic heterocycles. The molecule has 0 aliphatic carbocycles. The standard InChI is InChI=1S/C15H16ClFN4O2/c1-9(21-8-18-7-19-21)15(22)20-13-4-5-23-14(13)10-2-3-11(16)12(17)6-10/h2-3,6-9,13-14H,4-5H2,1H3,(H,20,22)/t9-,13+,14+/m1/s1. The molecule has 0 spiro atoms. The van der Waals surface area contributed by atoms with E-state index in [-0.39, 0.29) is 17.0 Å². The number of carbonyl (C=O) groups is 1. The number of nitrogens with zero attached hydrogens (tertiary/aromatic N) is 3. The predicted molar refractivity (Wildman–Crippen MR) is 81.4 cm³/mol. The third-order valence-electron chi connectivity index (χ3n) is 3.90. The maximum Gasteiger partial charge on any atom is 0.244 e. The van der Waals surface area contributed by atoms with E-state index in [1.54, 1.807) is 13.0 Å². The zero-order valence-corrected chi connectivity index (χ0v) is 13.2. The van der Waals surface area contributed by atoms with Crippen molar-refractivity contribution in [3.8, 4) is 0 Å². The highest BCUT2D eigenvalue weighted by molar-refractivity contribution is 6.30. The van der Waals surface area contributed by atoms with Gasteiger partial charge in [0.15, 0.2) is 0 Å². The van der Waals surface area contributed by atoms with Crippen LogP contribution in [-0.4, -0.2) is 33.3 Å². The Kier molecular flexibility index (Phi) is 4.58. The molecular weight excluding hydrogens is 323 g/mol. The molecule has 2 heterocycles. The quantitative estimate of drug-likeness (QED) is 0.928. The van der Waals surface area contributed by atoms with Gasteiger partial charge in [-0.25, -0.2) is 14.1 Å². The monoisotopic (exact) mass is 338 g/mol. The molecule has 1 aromatic heterocycles. The molecule has 0 radical (unpaired) electrons. The van der Waals surface area contributed by atoms with Gasteiger partial charge in [-0.15, -0.1) is 0 Å². The number of ether oxygens (including phenoxy) is 1. The Bertz CT molecular complexity index is 695. The van der Waals surface area contributed by atoms with Crippen molar-refractivity contribution in [3.05, 3.63) is 47.3 Å². The Balaban J connectivity index is 1.71. The molecule has 1 N–H and O–H groups in total. The fraction of sp³-hybridized carbons (Fsp3) is 0.400. The number of hydrogen-bond acceptors (Lipinski definition) is 4. The first-order chi connectivity index (χ1) is 11.1. The molecule has 0 saturated carbocycles. The number of benzene rings is 1. The molecule has 2 aromatic rings. The van der Waals surface area contributed by atoms with Gasteiger partial charge in [0, 0.05) is 6.61 Å². The van der Waals surface area contributed by atoms with E-state index in [4.69, 9.17) is 16.3 Å². The van der Waals surface area contributed by atoms with E-state index in [0.29, 0.717) is 18.6 Å². The lowest BCUT2D eigenvalue weighted by Crippen LogP contribution is -2.40. The number of aromatic nitrogens is 3. The Morgan fingerprint density at radius 2 is 2.39 bits per heavy atom. The van der Waals surface area contributed by atoms with Crippen molar-refractivity contribution >= 4 is 17.5 Å². The average molecular weight is 339 g/mol. The predicted octanol–water partition coefficient (Wildman–Crippen LogP) is 2.28. The molecule has 3 atom stereocenters. The molecule has 1 saturated heterocycles. The second-order valence-corrected chi connectivity index (χ2v) is 5.83. The largest absolute Gasteiger partial charge is 0.371 e. The summed E-state index contributed by atoms with van der Waals surface area (Å²) in [5.74, 6) is -0.689. The van der Waals surface area contributed by atoms with Gasteiger partial charge >= 0.3 is 0 Å². The third kappa shape index (κ3) is 3.35.